The first-order valence-corrected chi connectivity index (χ1v) is 6.86. The molecule has 1 saturated carbocycles. The highest BCUT2D eigenvalue weighted by Gasteiger charge is 2.44. The molecule has 1 fully saturated rings. The number of ketones is 1. The predicted octanol–water partition coefficient (Wildman–Crippen LogP) is 1.93. The van der Waals surface area contributed by atoms with Crippen molar-refractivity contribution in [3.05, 3.63) is 11.1 Å². The maximum absolute atomic E-state index is 12.2. The Morgan fingerprint density at radius 3 is 2.56 bits per heavy atom. The molecule has 3 atom stereocenters. The van der Waals surface area contributed by atoms with Crippen LogP contribution in [0.4, 0.5) is 0 Å². The smallest absolute Gasteiger partial charge is 0.136 e. The molecule has 0 heterocycles. The zero-order valence-corrected chi connectivity index (χ0v) is 11.6. The SMILES string of the molecule is C[C@@H]1C(=O)C[C@@H](CO)C(CO)=C2CC(C)(C)C[C@@H]21. The molecule has 0 aromatic rings. The average Bonchev–Trinajstić information content (AvgIpc) is 2.59. The minimum absolute atomic E-state index is 0.0207. The number of hydrogen-bond donors (Lipinski definition) is 2. The van der Waals surface area contributed by atoms with Gasteiger partial charge in [0.25, 0.3) is 0 Å². The van der Waals surface area contributed by atoms with Crippen LogP contribution in [0.15, 0.2) is 11.1 Å². The first-order chi connectivity index (χ1) is 8.39. The molecule has 2 N–H and O–H groups in total. The van der Waals surface area contributed by atoms with Crippen molar-refractivity contribution in [3.8, 4) is 0 Å². The van der Waals surface area contributed by atoms with Crippen molar-refractivity contribution in [1.82, 2.24) is 0 Å². The monoisotopic (exact) mass is 252 g/mol. The molecule has 0 aromatic heterocycles. The molecule has 2 aliphatic rings. The number of fused-ring (bicyclic) bond motifs is 1. The largest absolute Gasteiger partial charge is 0.396 e. The highest BCUT2D eigenvalue weighted by Crippen LogP contribution is 2.51. The van der Waals surface area contributed by atoms with E-state index in [-0.39, 0.29) is 42.2 Å². The molecule has 0 radical (unpaired) electrons. The van der Waals surface area contributed by atoms with Crippen LogP contribution in [0.2, 0.25) is 0 Å². The van der Waals surface area contributed by atoms with Gasteiger partial charge in [0.05, 0.1) is 13.2 Å². The Kier molecular flexibility index (Phi) is 3.65. The van der Waals surface area contributed by atoms with E-state index in [0.717, 1.165) is 18.4 Å². The summed E-state index contributed by atoms with van der Waals surface area (Å²) in [5.41, 5.74) is 2.39. The fourth-order valence-corrected chi connectivity index (χ4v) is 3.71. The summed E-state index contributed by atoms with van der Waals surface area (Å²) in [5.74, 6) is 0.364. The molecule has 18 heavy (non-hydrogen) atoms. The number of carbonyl (C=O) groups is 1. The van der Waals surface area contributed by atoms with E-state index in [0.29, 0.717) is 6.42 Å². The Balaban J connectivity index is 2.46. The summed E-state index contributed by atoms with van der Waals surface area (Å²) >= 11 is 0. The van der Waals surface area contributed by atoms with Crippen LogP contribution < -0.4 is 0 Å². The lowest BCUT2D eigenvalue weighted by molar-refractivity contribution is -0.124. The number of aliphatic hydroxyl groups is 2. The molecule has 0 aromatic carbocycles. The molecule has 3 heteroatoms. The summed E-state index contributed by atoms with van der Waals surface area (Å²) < 4.78 is 0. The summed E-state index contributed by atoms with van der Waals surface area (Å²) in [6.45, 7) is 6.38. The van der Waals surface area contributed by atoms with E-state index < -0.39 is 0 Å². The second-order valence-corrected chi connectivity index (χ2v) is 6.70. The molecule has 0 amide bonds. The molecule has 0 bridgehead atoms. The van der Waals surface area contributed by atoms with Crippen molar-refractivity contribution >= 4 is 5.78 Å². The van der Waals surface area contributed by atoms with E-state index in [1.54, 1.807) is 0 Å². The van der Waals surface area contributed by atoms with Crippen molar-refractivity contribution in [2.75, 3.05) is 13.2 Å². The van der Waals surface area contributed by atoms with Gasteiger partial charge in [0.15, 0.2) is 0 Å². The first kappa shape index (κ1) is 13.8. The highest BCUT2D eigenvalue weighted by molar-refractivity contribution is 5.82. The lowest BCUT2D eigenvalue weighted by atomic mass is 9.84. The van der Waals surface area contributed by atoms with E-state index in [1.807, 2.05) is 6.92 Å². The Labute approximate surface area is 109 Å². The predicted molar refractivity (Wildman–Crippen MR) is 70.0 cm³/mol. The van der Waals surface area contributed by atoms with Crippen LogP contribution in [-0.2, 0) is 4.79 Å². The fourth-order valence-electron chi connectivity index (χ4n) is 3.71. The van der Waals surface area contributed by atoms with E-state index in [9.17, 15) is 15.0 Å². The Morgan fingerprint density at radius 1 is 1.33 bits per heavy atom. The third-order valence-corrected chi connectivity index (χ3v) is 4.74. The van der Waals surface area contributed by atoms with Crippen LogP contribution in [0.1, 0.15) is 40.0 Å². The number of carbonyl (C=O) groups excluding carboxylic acids is 1. The zero-order valence-electron chi connectivity index (χ0n) is 11.6. The Bertz CT molecular complexity index is 381. The molecule has 2 aliphatic carbocycles. The fraction of sp³-hybridized carbons (Fsp3) is 0.800. The zero-order chi connectivity index (χ0) is 13.5. The van der Waals surface area contributed by atoms with Gasteiger partial charge in [-0.25, -0.2) is 0 Å². The molecule has 0 unspecified atom stereocenters. The normalized spacial score (nSPS) is 35.6. The second-order valence-electron chi connectivity index (χ2n) is 6.70. The minimum atomic E-state index is -0.168. The standard InChI is InChI=1S/C15H24O3/c1-9-11-5-15(2,3)6-12(11)13(8-17)10(7-16)4-14(9)18/h9-11,16-17H,4-8H2,1-3H3/t9-,10-,11+/m0/s1. The van der Waals surface area contributed by atoms with Gasteiger partial charge in [-0.1, -0.05) is 26.3 Å². The third kappa shape index (κ3) is 2.26. The van der Waals surface area contributed by atoms with Crippen LogP contribution in [0.25, 0.3) is 0 Å². The molecule has 102 valence electrons. The number of aliphatic hydroxyl groups excluding tert-OH is 2. The second kappa shape index (κ2) is 4.78. The van der Waals surface area contributed by atoms with Gasteiger partial charge in [-0.15, -0.1) is 0 Å². The molecule has 2 rings (SSSR count). The first-order valence-electron chi connectivity index (χ1n) is 6.86. The maximum Gasteiger partial charge on any atom is 0.136 e. The van der Waals surface area contributed by atoms with Gasteiger partial charge < -0.3 is 10.2 Å². The number of hydrogen-bond acceptors (Lipinski definition) is 3. The average molecular weight is 252 g/mol. The van der Waals surface area contributed by atoms with Crippen molar-refractivity contribution in [2.45, 2.75) is 40.0 Å². The van der Waals surface area contributed by atoms with Gasteiger partial charge in [-0.05, 0) is 29.7 Å². The van der Waals surface area contributed by atoms with Crippen molar-refractivity contribution in [1.29, 1.82) is 0 Å². The topological polar surface area (TPSA) is 57.5 Å². The van der Waals surface area contributed by atoms with Gasteiger partial charge in [0.2, 0.25) is 0 Å². The van der Waals surface area contributed by atoms with Gasteiger partial charge in [-0.3, -0.25) is 4.79 Å². The van der Waals surface area contributed by atoms with Crippen LogP contribution >= 0.6 is 0 Å². The Morgan fingerprint density at radius 2 is 2.00 bits per heavy atom. The van der Waals surface area contributed by atoms with E-state index in [1.165, 1.54) is 5.57 Å². The molecule has 0 spiro atoms. The van der Waals surface area contributed by atoms with Crippen molar-refractivity contribution in [3.63, 3.8) is 0 Å². The third-order valence-electron chi connectivity index (χ3n) is 4.74. The molecular weight excluding hydrogens is 228 g/mol. The van der Waals surface area contributed by atoms with Gasteiger partial charge in [-0.2, -0.15) is 0 Å². The summed E-state index contributed by atoms with van der Waals surface area (Å²) in [6, 6.07) is 0. The van der Waals surface area contributed by atoms with Crippen LogP contribution in [0.3, 0.4) is 0 Å². The summed E-state index contributed by atoms with van der Waals surface area (Å²) in [6.07, 6.45) is 2.34. The summed E-state index contributed by atoms with van der Waals surface area (Å²) in [5, 5.41) is 19.1. The highest BCUT2D eigenvalue weighted by atomic mass is 16.3. The van der Waals surface area contributed by atoms with Gasteiger partial charge in [0, 0.05) is 18.3 Å². The maximum atomic E-state index is 12.2. The van der Waals surface area contributed by atoms with Gasteiger partial charge >= 0.3 is 0 Å². The van der Waals surface area contributed by atoms with Crippen LogP contribution in [0, 0.1) is 23.2 Å². The summed E-state index contributed by atoms with van der Waals surface area (Å²) in [4.78, 5) is 12.2. The molecule has 3 nitrogen and oxygen atoms in total. The number of allylic oxidation sites excluding steroid dienone is 1. The number of rotatable bonds is 2. The van der Waals surface area contributed by atoms with E-state index in [4.69, 9.17) is 0 Å². The molecular formula is C15H24O3. The van der Waals surface area contributed by atoms with E-state index in [2.05, 4.69) is 13.8 Å². The van der Waals surface area contributed by atoms with Crippen LogP contribution in [0.5, 0.6) is 0 Å². The lowest BCUT2D eigenvalue weighted by Gasteiger charge is -2.20. The lowest BCUT2D eigenvalue weighted by Crippen LogP contribution is -2.21. The van der Waals surface area contributed by atoms with Crippen molar-refractivity contribution in [2.24, 2.45) is 23.2 Å². The summed E-state index contributed by atoms with van der Waals surface area (Å²) in [7, 11) is 0. The van der Waals surface area contributed by atoms with E-state index >= 15 is 0 Å². The quantitative estimate of drug-likeness (QED) is 0.738. The van der Waals surface area contributed by atoms with Crippen molar-refractivity contribution < 1.29 is 15.0 Å². The molecule has 0 saturated heterocycles. The van der Waals surface area contributed by atoms with Gasteiger partial charge in [0.1, 0.15) is 5.78 Å². The molecule has 0 aliphatic heterocycles. The van der Waals surface area contributed by atoms with Crippen LogP contribution in [-0.4, -0.2) is 29.2 Å². The minimum Gasteiger partial charge on any atom is -0.396 e. The number of Topliss-reactive ketones (excluding diaryl/α,β-unsaturated/α-hetero) is 1. The Hall–Kier alpha value is -0.670.